The van der Waals surface area contributed by atoms with E-state index >= 15 is 0 Å². The summed E-state index contributed by atoms with van der Waals surface area (Å²) in [7, 11) is 0. The van der Waals surface area contributed by atoms with Crippen molar-refractivity contribution in [2.75, 3.05) is 18.5 Å². The Balaban J connectivity index is 1.63. The first-order valence-corrected chi connectivity index (χ1v) is 9.75. The Kier molecular flexibility index (Phi) is 7.37. The van der Waals surface area contributed by atoms with Crippen LogP contribution in [0.3, 0.4) is 0 Å². The normalized spacial score (nSPS) is 10.6. The number of hydrazone groups is 1. The van der Waals surface area contributed by atoms with Crippen LogP contribution in [0.2, 0.25) is 0 Å². The molecule has 0 atom stereocenters. The van der Waals surface area contributed by atoms with Gasteiger partial charge in [-0.2, -0.15) is 5.10 Å². The van der Waals surface area contributed by atoms with Gasteiger partial charge < -0.3 is 14.8 Å². The summed E-state index contributed by atoms with van der Waals surface area (Å²) in [6, 6.07) is 18.3. The van der Waals surface area contributed by atoms with Gasteiger partial charge in [0.2, 0.25) is 0 Å². The summed E-state index contributed by atoms with van der Waals surface area (Å²) in [6.07, 6.45) is 3.06. The summed E-state index contributed by atoms with van der Waals surface area (Å²) in [6.45, 7) is 6.31. The molecular formula is C24H23N3O4. The molecule has 3 rings (SSSR count). The minimum Gasteiger partial charge on any atom is -0.490 e. The third-order valence-corrected chi connectivity index (χ3v) is 4.25. The van der Waals surface area contributed by atoms with E-state index in [-0.39, 0.29) is 0 Å². The zero-order chi connectivity index (χ0) is 22.1. The van der Waals surface area contributed by atoms with Gasteiger partial charge in [0.15, 0.2) is 11.5 Å². The van der Waals surface area contributed by atoms with Gasteiger partial charge in [0.1, 0.15) is 6.61 Å². The molecule has 2 amide bonds. The van der Waals surface area contributed by atoms with Crippen molar-refractivity contribution >= 4 is 34.5 Å². The number of carbonyl (C=O) groups is 2. The van der Waals surface area contributed by atoms with Crippen LogP contribution in [0, 0.1) is 0 Å². The molecule has 0 heterocycles. The Hall–Kier alpha value is -4.13. The number of hydrogen-bond donors (Lipinski definition) is 2. The number of hydrogen-bond acceptors (Lipinski definition) is 5. The molecule has 7 heteroatoms. The molecule has 158 valence electrons. The van der Waals surface area contributed by atoms with E-state index in [1.807, 2.05) is 43.3 Å². The third-order valence-electron chi connectivity index (χ3n) is 4.25. The van der Waals surface area contributed by atoms with Gasteiger partial charge in [0.25, 0.3) is 0 Å². The first-order chi connectivity index (χ1) is 15.1. The van der Waals surface area contributed by atoms with Crippen LogP contribution in [-0.2, 0) is 9.59 Å². The Morgan fingerprint density at radius 2 is 1.81 bits per heavy atom. The smallest absolute Gasteiger partial charge is 0.329 e. The molecular weight excluding hydrogens is 394 g/mol. The Morgan fingerprint density at radius 1 is 1.00 bits per heavy atom. The van der Waals surface area contributed by atoms with Crippen LogP contribution in [0.15, 0.2) is 78.4 Å². The van der Waals surface area contributed by atoms with E-state index in [0.717, 1.165) is 10.8 Å². The van der Waals surface area contributed by atoms with Gasteiger partial charge in [-0.05, 0) is 42.1 Å². The van der Waals surface area contributed by atoms with E-state index in [0.29, 0.717) is 36.0 Å². The van der Waals surface area contributed by atoms with Crippen LogP contribution in [0.4, 0.5) is 5.69 Å². The van der Waals surface area contributed by atoms with Gasteiger partial charge in [-0.3, -0.25) is 9.59 Å². The maximum atomic E-state index is 12.2. The predicted octanol–water partition coefficient (Wildman–Crippen LogP) is 3.89. The third kappa shape index (κ3) is 5.70. The number of ether oxygens (including phenoxy) is 2. The molecule has 0 spiro atoms. The summed E-state index contributed by atoms with van der Waals surface area (Å²) in [4.78, 5) is 24.4. The summed E-state index contributed by atoms with van der Waals surface area (Å²) in [5.41, 5.74) is 3.46. The molecule has 3 aromatic carbocycles. The van der Waals surface area contributed by atoms with Crippen molar-refractivity contribution in [3.63, 3.8) is 0 Å². The fourth-order valence-electron chi connectivity index (χ4n) is 2.87. The second-order valence-corrected chi connectivity index (χ2v) is 6.42. The van der Waals surface area contributed by atoms with Crippen molar-refractivity contribution in [1.82, 2.24) is 5.43 Å². The molecule has 2 N–H and O–H groups in total. The molecule has 0 aliphatic heterocycles. The first-order valence-electron chi connectivity index (χ1n) is 9.75. The molecule has 31 heavy (non-hydrogen) atoms. The molecule has 0 aliphatic rings. The molecule has 0 bridgehead atoms. The van der Waals surface area contributed by atoms with Crippen molar-refractivity contribution in [3.05, 3.63) is 78.9 Å². The predicted molar refractivity (Wildman–Crippen MR) is 122 cm³/mol. The SMILES string of the molecule is C=CCOc1ccc(/C=N\NC(=O)C(=O)Nc2cccc3ccccc23)cc1OCC. The van der Waals surface area contributed by atoms with Crippen molar-refractivity contribution in [2.45, 2.75) is 6.92 Å². The number of nitrogens with one attached hydrogen (secondary N) is 2. The average molecular weight is 417 g/mol. The van der Waals surface area contributed by atoms with Crippen molar-refractivity contribution in [1.29, 1.82) is 0 Å². The second-order valence-electron chi connectivity index (χ2n) is 6.42. The topological polar surface area (TPSA) is 89.0 Å². The molecule has 0 radical (unpaired) electrons. The van der Waals surface area contributed by atoms with Gasteiger partial charge in [-0.1, -0.05) is 49.1 Å². The van der Waals surface area contributed by atoms with Gasteiger partial charge >= 0.3 is 11.8 Å². The highest BCUT2D eigenvalue weighted by Gasteiger charge is 2.14. The fourth-order valence-corrected chi connectivity index (χ4v) is 2.87. The largest absolute Gasteiger partial charge is 0.490 e. The van der Waals surface area contributed by atoms with E-state index in [9.17, 15) is 9.59 Å². The van der Waals surface area contributed by atoms with E-state index in [2.05, 4.69) is 22.4 Å². The molecule has 0 unspecified atom stereocenters. The Morgan fingerprint density at radius 3 is 2.61 bits per heavy atom. The van der Waals surface area contributed by atoms with Crippen molar-refractivity contribution in [2.24, 2.45) is 5.10 Å². The zero-order valence-electron chi connectivity index (χ0n) is 17.1. The maximum Gasteiger partial charge on any atom is 0.329 e. The van der Waals surface area contributed by atoms with E-state index in [4.69, 9.17) is 9.47 Å². The lowest BCUT2D eigenvalue weighted by atomic mass is 10.1. The standard InChI is InChI=1S/C24H23N3O4/c1-3-14-31-21-13-12-17(15-22(21)30-4-2)16-25-27-24(29)23(28)26-20-11-7-9-18-8-5-6-10-19(18)20/h3,5-13,15-16H,1,4,14H2,2H3,(H,26,28)(H,27,29)/b25-16-. The quantitative estimate of drug-likeness (QED) is 0.252. The summed E-state index contributed by atoms with van der Waals surface area (Å²) >= 11 is 0. The molecule has 7 nitrogen and oxygen atoms in total. The molecule has 0 fully saturated rings. The highest BCUT2D eigenvalue weighted by atomic mass is 16.5. The summed E-state index contributed by atoms with van der Waals surface area (Å²) < 4.78 is 11.1. The maximum absolute atomic E-state index is 12.2. The summed E-state index contributed by atoms with van der Waals surface area (Å²) in [5.74, 6) is -0.553. The number of nitrogens with zero attached hydrogens (tertiary/aromatic N) is 1. The van der Waals surface area contributed by atoms with Gasteiger partial charge in [-0.15, -0.1) is 0 Å². The molecule has 0 aliphatic carbocycles. The van der Waals surface area contributed by atoms with Gasteiger partial charge in [-0.25, -0.2) is 5.43 Å². The lowest BCUT2D eigenvalue weighted by molar-refractivity contribution is -0.136. The number of rotatable bonds is 8. The lowest BCUT2D eigenvalue weighted by Crippen LogP contribution is -2.32. The monoisotopic (exact) mass is 417 g/mol. The number of carbonyl (C=O) groups excluding carboxylic acids is 2. The van der Waals surface area contributed by atoms with Crippen LogP contribution >= 0.6 is 0 Å². The number of fused-ring (bicyclic) bond motifs is 1. The number of amides is 2. The van der Waals surface area contributed by atoms with Gasteiger partial charge in [0, 0.05) is 11.1 Å². The van der Waals surface area contributed by atoms with Crippen LogP contribution in [0.5, 0.6) is 11.5 Å². The zero-order valence-corrected chi connectivity index (χ0v) is 17.1. The fraction of sp³-hybridized carbons (Fsp3) is 0.125. The Bertz CT molecular complexity index is 1120. The highest BCUT2D eigenvalue weighted by molar-refractivity contribution is 6.40. The van der Waals surface area contributed by atoms with Crippen LogP contribution in [0.1, 0.15) is 12.5 Å². The van der Waals surface area contributed by atoms with Crippen LogP contribution < -0.4 is 20.2 Å². The summed E-state index contributed by atoms with van der Waals surface area (Å²) in [5, 5.41) is 8.29. The second kappa shape index (κ2) is 10.6. The van der Waals surface area contributed by atoms with Crippen molar-refractivity contribution in [3.8, 4) is 11.5 Å². The Labute approximate surface area is 180 Å². The highest BCUT2D eigenvalue weighted by Crippen LogP contribution is 2.28. The van der Waals surface area contributed by atoms with Crippen molar-refractivity contribution < 1.29 is 19.1 Å². The average Bonchev–Trinajstić information content (AvgIpc) is 2.79. The van der Waals surface area contributed by atoms with E-state index in [1.165, 1.54) is 6.21 Å². The molecule has 0 aromatic heterocycles. The molecule has 0 saturated heterocycles. The van der Waals surface area contributed by atoms with Crippen LogP contribution in [-0.4, -0.2) is 31.2 Å². The molecule has 3 aromatic rings. The van der Waals surface area contributed by atoms with Gasteiger partial charge in [0.05, 0.1) is 12.8 Å². The first kappa shape index (κ1) is 21.6. The lowest BCUT2D eigenvalue weighted by Gasteiger charge is -2.11. The molecule has 0 saturated carbocycles. The minimum atomic E-state index is -0.875. The van der Waals surface area contributed by atoms with E-state index < -0.39 is 11.8 Å². The number of anilines is 1. The van der Waals surface area contributed by atoms with Crippen LogP contribution in [0.25, 0.3) is 10.8 Å². The van der Waals surface area contributed by atoms with E-state index in [1.54, 1.807) is 30.3 Å². The number of benzene rings is 3. The minimum absolute atomic E-state index is 0.357.